The summed E-state index contributed by atoms with van der Waals surface area (Å²) in [4.78, 5) is 11.8. The summed E-state index contributed by atoms with van der Waals surface area (Å²) in [5, 5.41) is 2.82. The summed E-state index contributed by atoms with van der Waals surface area (Å²) in [6.07, 6.45) is 0. The Morgan fingerprint density at radius 1 is 0.958 bits per heavy atom. The molecule has 0 spiro atoms. The first-order valence-corrected chi connectivity index (χ1v) is 8.02. The van der Waals surface area contributed by atoms with E-state index in [-0.39, 0.29) is 12.5 Å². The molecule has 0 aromatic heterocycles. The van der Waals surface area contributed by atoms with Gasteiger partial charge in [-0.15, -0.1) is 0 Å². The summed E-state index contributed by atoms with van der Waals surface area (Å²) in [6, 6.07) is 17.1. The number of para-hydroxylation sites is 2. The van der Waals surface area contributed by atoms with Gasteiger partial charge in [-0.05, 0) is 25.1 Å². The van der Waals surface area contributed by atoms with Crippen molar-refractivity contribution < 1.29 is 19.0 Å². The van der Waals surface area contributed by atoms with Crippen LogP contribution < -0.4 is 14.8 Å². The fourth-order valence-corrected chi connectivity index (χ4v) is 2.09. The van der Waals surface area contributed by atoms with Gasteiger partial charge in [0, 0.05) is 12.1 Å². The number of carbonyl (C=O) groups is 1. The molecule has 0 fully saturated rings. The van der Waals surface area contributed by atoms with E-state index in [1.807, 2.05) is 61.5 Å². The highest BCUT2D eigenvalue weighted by Crippen LogP contribution is 2.17. The number of ether oxygens (including phenoxy) is 3. The van der Waals surface area contributed by atoms with Crippen molar-refractivity contribution in [2.75, 3.05) is 26.4 Å². The molecule has 1 N–H and O–H groups in total. The molecule has 0 unspecified atom stereocenters. The molecule has 5 nitrogen and oxygen atoms in total. The molecule has 5 heteroatoms. The lowest BCUT2D eigenvalue weighted by atomic mass is 10.2. The van der Waals surface area contributed by atoms with E-state index in [4.69, 9.17) is 14.2 Å². The Hall–Kier alpha value is -2.53. The van der Waals surface area contributed by atoms with Gasteiger partial charge >= 0.3 is 0 Å². The van der Waals surface area contributed by atoms with Gasteiger partial charge in [0.1, 0.15) is 24.7 Å². The van der Waals surface area contributed by atoms with Crippen molar-refractivity contribution in [3.05, 3.63) is 60.2 Å². The maximum Gasteiger partial charge on any atom is 0.246 e. The Kier molecular flexibility index (Phi) is 7.63. The lowest BCUT2D eigenvalue weighted by molar-refractivity contribution is -0.126. The van der Waals surface area contributed by atoms with Gasteiger partial charge in [0.25, 0.3) is 0 Å². The number of hydrogen-bond donors (Lipinski definition) is 1. The molecule has 1 amide bonds. The van der Waals surface area contributed by atoms with E-state index < -0.39 is 0 Å². The molecule has 0 bridgehead atoms. The van der Waals surface area contributed by atoms with Crippen LogP contribution in [0.25, 0.3) is 0 Å². The van der Waals surface area contributed by atoms with Crippen LogP contribution in [0.5, 0.6) is 11.5 Å². The number of rotatable bonds is 10. The minimum Gasteiger partial charge on any atom is -0.494 e. The van der Waals surface area contributed by atoms with Crippen LogP contribution in [0.1, 0.15) is 12.5 Å². The first-order chi connectivity index (χ1) is 11.8. The highest BCUT2D eigenvalue weighted by atomic mass is 16.5. The van der Waals surface area contributed by atoms with Crippen molar-refractivity contribution in [1.82, 2.24) is 5.32 Å². The van der Waals surface area contributed by atoms with Crippen LogP contribution in [0.2, 0.25) is 0 Å². The van der Waals surface area contributed by atoms with E-state index in [0.29, 0.717) is 26.4 Å². The molecule has 0 saturated carbocycles. The maximum absolute atomic E-state index is 11.8. The number of hydrogen-bond acceptors (Lipinski definition) is 4. The zero-order chi connectivity index (χ0) is 17.0. The molecule has 24 heavy (non-hydrogen) atoms. The molecule has 0 heterocycles. The Balaban J connectivity index is 1.62. The Labute approximate surface area is 142 Å². The van der Waals surface area contributed by atoms with Crippen molar-refractivity contribution in [2.45, 2.75) is 13.5 Å². The monoisotopic (exact) mass is 329 g/mol. The van der Waals surface area contributed by atoms with E-state index in [0.717, 1.165) is 17.1 Å². The maximum atomic E-state index is 11.8. The predicted octanol–water partition coefficient (Wildman–Crippen LogP) is 2.80. The third-order valence-corrected chi connectivity index (χ3v) is 3.22. The van der Waals surface area contributed by atoms with Gasteiger partial charge in [0.15, 0.2) is 0 Å². The van der Waals surface area contributed by atoms with Crippen molar-refractivity contribution in [3.63, 3.8) is 0 Å². The molecule has 0 atom stereocenters. The van der Waals surface area contributed by atoms with E-state index in [1.165, 1.54) is 0 Å². The second kappa shape index (κ2) is 10.3. The topological polar surface area (TPSA) is 56.8 Å². The van der Waals surface area contributed by atoms with Crippen molar-refractivity contribution in [3.8, 4) is 11.5 Å². The molecule has 0 aliphatic carbocycles. The van der Waals surface area contributed by atoms with E-state index >= 15 is 0 Å². The van der Waals surface area contributed by atoms with Crippen molar-refractivity contribution >= 4 is 5.91 Å². The molecule has 0 radical (unpaired) electrons. The predicted molar refractivity (Wildman–Crippen MR) is 92.2 cm³/mol. The van der Waals surface area contributed by atoms with Crippen LogP contribution in [0.15, 0.2) is 54.6 Å². The number of amides is 1. The molecule has 0 aliphatic heterocycles. The zero-order valence-electron chi connectivity index (χ0n) is 13.9. The fourth-order valence-electron chi connectivity index (χ4n) is 2.09. The Morgan fingerprint density at radius 3 is 2.50 bits per heavy atom. The second-order valence-electron chi connectivity index (χ2n) is 5.03. The summed E-state index contributed by atoms with van der Waals surface area (Å²) in [7, 11) is 0. The third kappa shape index (κ3) is 6.30. The molecule has 2 rings (SSSR count). The van der Waals surface area contributed by atoms with Gasteiger partial charge < -0.3 is 19.5 Å². The third-order valence-electron chi connectivity index (χ3n) is 3.22. The first-order valence-electron chi connectivity index (χ1n) is 8.02. The van der Waals surface area contributed by atoms with Gasteiger partial charge in [-0.2, -0.15) is 0 Å². The molecule has 128 valence electrons. The van der Waals surface area contributed by atoms with Crippen molar-refractivity contribution in [2.24, 2.45) is 0 Å². The molecular weight excluding hydrogens is 306 g/mol. The summed E-state index contributed by atoms with van der Waals surface area (Å²) in [6.45, 7) is 3.71. The van der Waals surface area contributed by atoms with E-state index in [9.17, 15) is 4.79 Å². The van der Waals surface area contributed by atoms with Crippen LogP contribution in [0, 0.1) is 0 Å². The molecular formula is C19H23NO4. The lowest BCUT2D eigenvalue weighted by Gasteiger charge is -2.11. The number of nitrogens with one attached hydrogen (secondary N) is 1. The summed E-state index contributed by atoms with van der Waals surface area (Å²) in [5.41, 5.74) is 0.945. The lowest BCUT2D eigenvalue weighted by Crippen LogP contribution is -2.28. The number of carbonyl (C=O) groups excluding carboxylic acids is 1. The van der Waals surface area contributed by atoms with Crippen LogP contribution in [0.3, 0.4) is 0 Å². The van der Waals surface area contributed by atoms with Crippen LogP contribution >= 0.6 is 0 Å². The first kappa shape index (κ1) is 17.8. The molecule has 0 saturated heterocycles. The summed E-state index contributed by atoms with van der Waals surface area (Å²) in [5.74, 6) is 1.41. The van der Waals surface area contributed by atoms with Gasteiger partial charge in [-0.1, -0.05) is 36.4 Å². The summed E-state index contributed by atoms with van der Waals surface area (Å²) >= 11 is 0. The minimum absolute atomic E-state index is 0.00888. The quantitative estimate of drug-likeness (QED) is 0.681. The van der Waals surface area contributed by atoms with Crippen LogP contribution in [0.4, 0.5) is 0 Å². The van der Waals surface area contributed by atoms with Gasteiger partial charge in [0.2, 0.25) is 5.91 Å². The van der Waals surface area contributed by atoms with Crippen LogP contribution in [-0.4, -0.2) is 32.3 Å². The SMILES string of the molecule is CCOc1ccccc1CNC(=O)COCCOc1ccccc1. The Morgan fingerprint density at radius 2 is 1.71 bits per heavy atom. The van der Waals surface area contributed by atoms with Gasteiger partial charge in [0.05, 0.1) is 13.2 Å². The standard InChI is InChI=1S/C19H23NO4/c1-2-23-18-11-7-6-8-16(18)14-20-19(21)15-22-12-13-24-17-9-4-3-5-10-17/h3-11H,2,12-15H2,1H3,(H,20,21). The highest BCUT2D eigenvalue weighted by molar-refractivity contribution is 5.77. The molecule has 2 aromatic carbocycles. The average Bonchev–Trinajstić information content (AvgIpc) is 2.62. The highest BCUT2D eigenvalue weighted by Gasteiger charge is 2.05. The Bertz CT molecular complexity index is 616. The normalized spacial score (nSPS) is 10.2. The van der Waals surface area contributed by atoms with Gasteiger partial charge in [-0.25, -0.2) is 0 Å². The van der Waals surface area contributed by atoms with E-state index in [2.05, 4.69) is 5.32 Å². The smallest absolute Gasteiger partial charge is 0.246 e. The minimum atomic E-state index is -0.166. The van der Waals surface area contributed by atoms with Crippen LogP contribution in [-0.2, 0) is 16.1 Å². The average molecular weight is 329 g/mol. The van der Waals surface area contributed by atoms with Crippen molar-refractivity contribution in [1.29, 1.82) is 0 Å². The zero-order valence-corrected chi connectivity index (χ0v) is 13.9. The number of benzene rings is 2. The molecule has 2 aromatic rings. The largest absolute Gasteiger partial charge is 0.494 e. The molecule has 0 aliphatic rings. The van der Waals surface area contributed by atoms with E-state index in [1.54, 1.807) is 0 Å². The summed E-state index contributed by atoms with van der Waals surface area (Å²) < 4.78 is 16.3. The second-order valence-corrected chi connectivity index (χ2v) is 5.03. The van der Waals surface area contributed by atoms with Gasteiger partial charge in [-0.3, -0.25) is 4.79 Å². The fraction of sp³-hybridized carbons (Fsp3) is 0.316.